The van der Waals surface area contributed by atoms with Gasteiger partial charge in [-0.25, -0.2) is 0 Å². The molecule has 1 atom stereocenters. The SMILES string of the molecule is N#Cc1ccccc1OCCCS(=O)c1ccccc1. The fraction of sp³-hybridized carbons (Fsp3) is 0.188. The summed E-state index contributed by atoms with van der Waals surface area (Å²) in [7, 11) is -0.993. The molecule has 0 aliphatic heterocycles. The van der Waals surface area contributed by atoms with Gasteiger partial charge in [0.2, 0.25) is 0 Å². The summed E-state index contributed by atoms with van der Waals surface area (Å²) in [4.78, 5) is 0.838. The Kier molecular flexibility index (Phi) is 5.33. The van der Waals surface area contributed by atoms with Crippen LogP contribution in [0.2, 0.25) is 0 Å². The van der Waals surface area contributed by atoms with Crippen LogP contribution in [0, 0.1) is 11.3 Å². The average molecular weight is 285 g/mol. The Bertz CT molecular complexity index is 620. The molecule has 0 fully saturated rings. The molecule has 0 saturated heterocycles. The molecule has 2 aromatic carbocycles. The Morgan fingerprint density at radius 3 is 2.50 bits per heavy atom. The van der Waals surface area contributed by atoms with Crippen LogP contribution < -0.4 is 4.74 Å². The van der Waals surface area contributed by atoms with Gasteiger partial charge < -0.3 is 4.74 Å². The summed E-state index contributed by atoms with van der Waals surface area (Å²) in [6.07, 6.45) is 0.682. The Morgan fingerprint density at radius 1 is 1.05 bits per heavy atom. The van der Waals surface area contributed by atoms with E-state index in [0.717, 1.165) is 4.90 Å². The molecule has 0 spiro atoms. The van der Waals surface area contributed by atoms with Gasteiger partial charge in [0.1, 0.15) is 11.8 Å². The second-order valence-corrected chi connectivity index (χ2v) is 5.74. The van der Waals surface area contributed by atoms with Crippen molar-refractivity contribution in [3.05, 3.63) is 60.2 Å². The van der Waals surface area contributed by atoms with Crippen molar-refractivity contribution in [2.45, 2.75) is 11.3 Å². The average Bonchev–Trinajstić information content (AvgIpc) is 2.52. The van der Waals surface area contributed by atoms with Crippen molar-refractivity contribution in [3.8, 4) is 11.8 Å². The van der Waals surface area contributed by atoms with Gasteiger partial charge in [-0.2, -0.15) is 5.26 Å². The van der Waals surface area contributed by atoms with E-state index in [1.807, 2.05) is 36.4 Å². The van der Waals surface area contributed by atoms with Crippen molar-refractivity contribution >= 4 is 10.8 Å². The fourth-order valence-corrected chi connectivity index (χ4v) is 2.82. The van der Waals surface area contributed by atoms with E-state index in [0.29, 0.717) is 30.1 Å². The van der Waals surface area contributed by atoms with Crippen LogP contribution in [0.5, 0.6) is 5.75 Å². The lowest BCUT2D eigenvalue weighted by Gasteiger charge is -2.07. The quantitative estimate of drug-likeness (QED) is 0.766. The third-order valence-corrected chi connectivity index (χ3v) is 4.20. The van der Waals surface area contributed by atoms with Crippen LogP contribution in [-0.2, 0) is 10.8 Å². The molecule has 102 valence electrons. The minimum Gasteiger partial charge on any atom is -0.492 e. The maximum absolute atomic E-state index is 12.0. The largest absolute Gasteiger partial charge is 0.492 e. The predicted octanol–water partition coefficient (Wildman–Crippen LogP) is 3.13. The van der Waals surface area contributed by atoms with Crippen LogP contribution in [0.25, 0.3) is 0 Å². The first kappa shape index (κ1) is 14.3. The molecule has 0 aliphatic carbocycles. The molecule has 0 bridgehead atoms. The molecule has 2 aromatic rings. The van der Waals surface area contributed by atoms with Gasteiger partial charge in [-0.05, 0) is 30.7 Å². The summed E-state index contributed by atoms with van der Waals surface area (Å²) in [5.74, 6) is 1.14. The Balaban J connectivity index is 1.80. The van der Waals surface area contributed by atoms with Gasteiger partial charge in [0, 0.05) is 10.6 Å². The van der Waals surface area contributed by atoms with Crippen molar-refractivity contribution in [1.29, 1.82) is 5.26 Å². The minimum atomic E-state index is -0.993. The van der Waals surface area contributed by atoms with Gasteiger partial charge in [-0.3, -0.25) is 4.21 Å². The highest BCUT2D eigenvalue weighted by Gasteiger charge is 2.04. The number of nitriles is 1. The topological polar surface area (TPSA) is 50.1 Å². The molecular weight excluding hydrogens is 270 g/mol. The number of ether oxygens (including phenoxy) is 1. The first-order valence-electron chi connectivity index (χ1n) is 6.36. The van der Waals surface area contributed by atoms with Crippen LogP contribution in [0.1, 0.15) is 12.0 Å². The maximum atomic E-state index is 12.0. The van der Waals surface area contributed by atoms with E-state index in [1.165, 1.54) is 0 Å². The van der Waals surface area contributed by atoms with E-state index in [9.17, 15) is 4.21 Å². The van der Waals surface area contributed by atoms with Crippen LogP contribution >= 0.6 is 0 Å². The molecule has 3 nitrogen and oxygen atoms in total. The zero-order valence-electron chi connectivity index (χ0n) is 11.0. The van der Waals surface area contributed by atoms with Crippen LogP contribution in [0.4, 0.5) is 0 Å². The standard InChI is InChI=1S/C16H15NO2S/c17-13-14-7-4-5-10-16(14)19-11-6-12-20(18)15-8-2-1-3-9-15/h1-5,7-10H,6,11-12H2. The number of benzene rings is 2. The van der Waals surface area contributed by atoms with Gasteiger partial charge >= 0.3 is 0 Å². The van der Waals surface area contributed by atoms with E-state index >= 15 is 0 Å². The normalized spacial score (nSPS) is 11.6. The summed E-state index contributed by atoms with van der Waals surface area (Å²) in [6.45, 7) is 0.456. The Labute approximate surface area is 121 Å². The predicted molar refractivity (Wildman–Crippen MR) is 79.0 cm³/mol. The number of hydrogen-bond acceptors (Lipinski definition) is 3. The second-order valence-electron chi connectivity index (χ2n) is 4.17. The van der Waals surface area contributed by atoms with Gasteiger partial charge in [0.05, 0.1) is 23.0 Å². The van der Waals surface area contributed by atoms with Crippen molar-refractivity contribution in [2.75, 3.05) is 12.4 Å². The van der Waals surface area contributed by atoms with E-state index < -0.39 is 10.8 Å². The number of rotatable bonds is 6. The lowest BCUT2D eigenvalue weighted by atomic mass is 10.2. The zero-order chi connectivity index (χ0) is 14.2. The molecular formula is C16H15NO2S. The summed E-state index contributed by atoms with van der Waals surface area (Å²) >= 11 is 0. The van der Waals surface area contributed by atoms with Crippen molar-refractivity contribution in [1.82, 2.24) is 0 Å². The van der Waals surface area contributed by atoms with Crippen LogP contribution in [0.15, 0.2) is 59.5 Å². The van der Waals surface area contributed by atoms with E-state index in [-0.39, 0.29) is 0 Å². The van der Waals surface area contributed by atoms with Crippen molar-refractivity contribution in [3.63, 3.8) is 0 Å². The first-order valence-corrected chi connectivity index (χ1v) is 7.68. The number of hydrogen-bond donors (Lipinski definition) is 0. The van der Waals surface area contributed by atoms with Crippen molar-refractivity contribution in [2.24, 2.45) is 0 Å². The number of nitrogens with zero attached hydrogens (tertiary/aromatic N) is 1. The second kappa shape index (κ2) is 7.46. The molecule has 20 heavy (non-hydrogen) atoms. The Morgan fingerprint density at radius 2 is 1.75 bits per heavy atom. The summed E-state index contributed by atoms with van der Waals surface area (Å²) < 4.78 is 17.5. The first-order chi connectivity index (χ1) is 9.81. The number of para-hydroxylation sites is 1. The lowest BCUT2D eigenvalue weighted by Crippen LogP contribution is -2.05. The molecule has 0 aliphatic rings. The molecule has 0 N–H and O–H groups in total. The molecule has 0 radical (unpaired) electrons. The Hall–Kier alpha value is -2.12. The smallest absolute Gasteiger partial charge is 0.137 e. The maximum Gasteiger partial charge on any atom is 0.137 e. The molecule has 0 heterocycles. The molecule has 0 amide bonds. The summed E-state index contributed by atoms with van der Waals surface area (Å²) in [5, 5.41) is 8.93. The monoisotopic (exact) mass is 285 g/mol. The fourth-order valence-electron chi connectivity index (χ4n) is 1.75. The van der Waals surface area contributed by atoms with E-state index in [4.69, 9.17) is 10.00 Å². The van der Waals surface area contributed by atoms with Crippen molar-refractivity contribution < 1.29 is 8.95 Å². The van der Waals surface area contributed by atoms with Gasteiger partial charge in [-0.15, -0.1) is 0 Å². The third kappa shape index (κ3) is 3.94. The zero-order valence-corrected chi connectivity index (χ0v) is 11.8. The summed E-state index contributed by atoms with van der Waals surface area (Å²) in [6, 6.07) is 18.6. The molecule has 0 saturated carbocycles. The molecule has 4 heteroatoms. The highest BCUT2D eigenvalue weighted by Crippen LogP contribution is 2.16. The molecule has 1 unspecified atom stereocenters. The highest BCUT2D eigenvalue weighted by molar-refractivity contribution is 7.85. The third-order valence-electron chi connectivity index (χ3n) is 2.75. The van der Waals surface area contributed by atoms with Crippen LogP contribution in [0.3, 0.4) is 0 Å². The van der Waals surface area contributed by atoms with Gasteiger partial charge in [-0.1, -0.05) is 30.3 Å². The summed E-state index contributed by atoms with van der Waals surface area (Å²) in [5.41, 5.74) is 0.525. The van der Waals surface area contributed by atoms with Crippen LogP contribution in [-0.4, -0.2) is 16.6 Å². The highest BCUT2D eigenvalue weighted by atomic mass is 32.2. The van der Waals surface area contributed by atoms with E-state index in [1.54, 1.807) is 18.2 Å². The molecule has 0 aromatic heterocycles. The lowest BCUT2D eigenvalue weighted by molar-refractivity contribution is 0.317. The molecule has 2 rings (SSSR count). The van der Waals surface area contributed by atoms with E-state index in [2.05, 4.69) is 6.07 Å². The minimum absolute atomic E-state index is 0.456. The van der Waals surface area contributed by atoms with Gasteiger partial charge in [0.15, 0.2) is 0 Å². The van der Waals surface area contributed by atoms with Gasteiger partial charge in [0.25, 0.3) is 0 Å².